The summed E-state index contributed by atoms with van der Waals surface area (Å²) >= 11 is 0. The summed E-state index contributed by atoms with van der Waals surface area (Å²) in [5, 5.41) is 4.25. The van der Waals surface area contributed by atoms with Gasteiger partial charge in [0.2, 0.25) is 6.41 Å². The molecule has 0 bridgehead atoms. The maximum absolute atomic E-state index is 10.8. The van der Waals surface area contributed by atoms with Crippen molar-refractivity contribution in [3.8, 4) is 0 Å². The first kappa shape index (κ1) is 11.7. The van der Waals surface area contributed by atoms with Crippen LogP contribution in [-0.2, 0) is 4.79 Å². The second-order valence-corrected chi connectivity index (χ2v) is 5.84. The Morgan fingerprint density at radius 2 is 2.00 bits per heavy atom. The van der Waals surface area contributed by atoms with E-state index in [-0.39, 0.29) is 0 Å². The van der Waals surface area contributed by atoms with Crippen molar-refractivity contribution in [1.82, 2.24) is 19.5 Å². The molecule has 2 atom stereocenters. The summed E-state index contributed by atoms with van der Waals surface area (Å²) in [6.07, 6.45) is 2.75. The zero-order valence-corrected chi connectivity index (χ0v) is 11.4. The number of fused-ring (bicyclic) bond motifs is 2. The number of anilines is 1. The zero-order valence-electron chi connectivity index (χ0n) is 11.4. The molecule has 2 aliphatic heterocycles. The second kappa shape index (κ2) is 4.19. The number of aryl methyl sites for hydroxylation is 1. The highest BCUT2D eigenvalue weighted by molar-refractivity contribution is 5.52. The molecule has 2 aromatic rings. The van der Waals surface area contributed by atoms with Crippen LogP contribution in [-0.4, -0.2) is 52.1 Å². The quantitative estimate of drug-likeness (QED) is 0.749. The van der Waals surface area contributed by atoms with Crippen LogP contribution in [0.5, 0.6) is 0 Å². The number of rotatable bonds is 2. The molecule has 0 spiro atoms. The van der Waals surface area contributed by atoms with Gasteiger partial charge < -0.3 is 9.80 Å². The van der Waals surface area contributed by atoms with Gasteiger partial charge in [-0.2, -0.15) is 5.10 Å². The van der Waals surface area contributed by atoms with Crippen molar-refractivity contribution in [3.05, 3.63) is 24.0 Å². The Labute approximate surface area is 117 Å². The monoisotopic (exact) mass is 271 g/mol. The van der Waals surface area contributed by atoms with E-state index >= 15 is 0 Å². The van der Waals surface area contributed by atoms with E-state index in [0.29, 0.717) is 11.8 Å². The molecule has 4 heterocycles. The van der Waals surface area contributed by atoms with Crippen LogP contribution in [0, 0.1) is 18.8 Å². The van der Waals surface area contributed by atoms with Crippen molar-refractivity contribution in [1.29, 1.82) is 0 Å². The molecule has 1 amide bonds. The summed E-state index contributed by atoms with van der Waals surface area (Å²) in [6.45, 7) is 5.81. The van der Waals surface area contributed by atoms with Gasteiger partial charge in [-0.25, -0.2) is 9.50 Å². The van der Waals surface area contributed by atoms with E-state index < -0.39 is 0 Å². The third kappa shape index (κ3) is 1.67. The molecule has 0 aromatic carbocycles. The third-order valence-electron chi connectivity index (χ3n) is 4.51. The second-order valence-electron chi connectivity index (χ2n) is 5.84. The van der Waals surface area contributed by atoms with E-state index in [0.717, 1.165) is 49.7 Å². The van der Waals surface area contributed by atoms with Gasteiger partial charge in [0.05, 0.1) is 6.20 Å². The molecule has 0 unspecified atom stereocenters. The molecule has 4 rings (SSSR count). The summed E-state index contributed by atoms with van der Waals surface area (Å²) in [5.41, 5.74) is 1.99. The standard InChI is InChI=1S/C14H17N5O/c1-10-4-14(16-13-2-3-15-19(10)13)18-7-11-5-17(9-20)6-12(11)8-18/h2-4,9,11-12H,5-8H2,1H3/t11-,12+. The van der Waals surface area contributed by atoms with Crippen molar-refractivity contribution >= 4 is 17.9 Å². The van der Waals surface area contributed by atoms with Crippen LogP contribution >= 0.6 is 0 Å². The highest BCUT2D eigenvalue weighted by Crippen LogP contribution is 2.33. The maximum atomic E-state index is 10.8. The first-order valence-corrected chi connectivity index (χ1v) is 7.00. The van der Waals surface area contributed by atoms with Crippen molar-refractivity contribution in [2.45, 2.75) is 6.92 Å². The number of likely N-dealkylation sites (tertiary alicyclic amines) is 1. The lowest BCUT2D eigenvalue weighted by molar-refractivity contribution is -0.117. The molecule has 0 N–H and O–H groups in total. The molecular weight excluding hydrogens is 254 g/mol. The van der Waals surface area contributed by atoms with E-state index in [2.05, 4.69) is 28.0 Å². The molecule has 0 saturated carbocycles. The van der Waals surface area contributed by atoms with Crippen LogP contribution in [0.1, 0.15) is 5.69 Å². The number of hydrogen-bond acceptors (Lipinski definition) is 4. The molecule has 6 nitrogen and oxygen atoms in total. The molecule has 0 aliphatic carbocycles. The molecule has 20 heavy (non-hydrogen) atoms. The van der Waals surface area contributed by atoms with Crippen LogP contribution in [0.15, 0.2) is 18.3 Å². The Hall–Kier alpha value is -2.11. The largest absolute Gasteiger partial charge is 0.356 e. The third-order valence-corrected chi connectivity index (χ3v) is 4.51. The first-order chi connectivity index (χ1) is 9.74. The number of carbonyl (C=O) groups excluding carboxylic acids is 1. The van der Waals surface area contributed by atoms with Gasteiger partial charge in [-0.15, -0.1) is 0 Å². The normalized spacial score (nSPS) is 25.4. The maximum Gasteiger partial charge on any atom is 0.209 e. The molecule has 2 saturated heterocycles. The molecule has 0 radical (unpaired) electrons. The Kier molecular flexibility index (Phi) is 2.45. The molecule has 104 valence electrons. The van der Waals surface area contributed by atoms with Crippen LogP contribution in [0.25, 0.3) is 5.65 Å². The number of amides is 1. The summed E-state index contributed by atoms with van der Waals surface area (Å²) in [7, 11) is 0. The lowest BCUT2D eigenvalue weighted by atomic mass is 10.0. The predicted octanol–water partition coefficient (Wildman–Crippen LogP) is 0.562. The number of aromatic nitrogens is 3. The lowest BCUT2D eigenvalue weighted by Gasteiger charge is -2.21. The van der Waals surface area contributed by atoms with E-state index in [1.54, 1.807) is 6.20 Å². The van der Waals surface area contributed by atoms with Crippen LogP contribution < -0.4 is 4.90 Å². The highest BCUT2D eigenvalue weighted by atomic mass is 16.1. The predicted molar refractivity (Wildman–Crippen MR) is 74.6 cm³/mol. The number of nitrogens with zero attached hydrogens (tertiary/aromatic N) is 5. The zero-order chi connectivity index (χ0) is 13.7. The van der Waals surface area contributed by atoms with Crippen LogP contribution in [0.3, 0.4) is 0 Å². The van der Waals surface area contributed by atoms with Gasteiger partial charge in [0.1, 0.15) is 5.82 Å². The van der Waals surface area contributed by atoms with E-state index in [9.17, 15) is 4.79 Å². The summed E-state index contributed by atoms with van der Waals surface area (Å²) in [4.78, 5) is 19.8. The van der Waals surface area contributed by atoms with Crippen LogP contribution in [0.2, 0.25) is 0 Å². The fourth-order valence-electron chi connectivity index (χ4n) is 3.51. The molecule has 6 heteroatoms. The Balaban J connectivity index is 1.61. The average Bonchev–Trinajstić information content (AvgIpc) is 3.11. The minimum Gasteiger partial charge on any atom is -0.356 e. The van der Waals surface area contributed by atoms with Crippen molar-refractivity contribution < 1.29 is 4.79 Å². The Morgan fingerprint density at radius 1 is 1.25 bits per heavy atom. The lowest BCUT2D eigenvalue weighted by Crippen LogP contribution is -2.28. The topological polar surface area (TPSA) is 53.7 Å². The fourth-order valence-corrected chi connectivity index (χ4v) is 3.51. The van der Waals surface area contributed by atoms with E-state index in [1.165, 1.54) is 0 Å². The van der Waals surface area contributed by atoms with Gasteiger partial charge in [0, 0.05) is 55.8 Å². The van der Waals surface area contributed by atoms with Gasteiger partial charge in [0.15, 0.2) is 5.65 Å². The average molecular weight is 271 g/mol. The SMILES string of the molecule is Cc1cc(N2C[C@H]3CN(C=O)C[C@H]3C2)nc2ccnn12. The van der Waals surface area contributed by atoms with Crippen molar-refractivity contribution in [2.75, 3.05) is 31.1 Å². The Bertz CT molecular complexity index is 653. The number of carbonyl (C=O) groups is 1. The molecule has 2 fully saturated rings. The van der Waals surface area contributed by atoms with Crippen LogP contribution in [0.4, 0.5) is 5.82 Å². The highest BCUT2D eigenvalue weighted by Gasteiger charge is 2.40. The molecular formula is C14H17N5O. The first-order valence-electron chi connectivity index (χ1n) is 7.00. The molecule has 2 aliphatic rings. The summed E-state index contributed by atoms with van der Waals surface area (Å²) < 4.78 is 1.86. The number of hydrogen-bond donors (Lipinski definition) is 0. The van der Waals surface area contributed by atoms with Gasteiger partial charge in [-0.1, -0.05) is 0 Å². The smallest absolute Gasteiger partial charge is 0.209 e. The minimum absolute atomic E-state index is 0.587. The summed E-state index contributed by atoms with van der Waals surface area (Å²) in [5.74, 6) is 2.20. The Morgan fingerprint density at radius 3 is 2.70 bits per heavy atom. The van der Waals surface area contributed by atoms with Crippen molar-refractivity contribution in [3.63, 3.8) is 0 Å². The van der Waals surface area contributed by atoms with Gasteiger partial charge in [-0.3, -0.25) is 4.79 Å². The van der Waals surface area contributed by atoms with E-state index in [1.807, 2.05) is 15.5 Å². The van der Waals surface area contributed by atoms with E-state index in [4.69, 9.17) is 0 Å². The van der Waals surface area contributed by atoms with Gasteiger partial charge in [0.25, 0.3) is 0 Å². The molecule has 2 aromatic heterocycles. The fraction of sp³-hybridized carbons (Fsp3) is 0.500. The minimum atomic E-state index is 0.587. The van der Waals surface area contributed by atoms with Gasteiger partial charge in [-0.05, 0) is 6.92 Å². The summed E-state index contributed by atoms with van der Waals surface area (Å²) in [6, 6.07) is 4.03. The van der Waals surface area contributed by atoms with Gasteiger partial charge >= 0.3 is 0 Å². The van der Waals surface area contributed by atoms with Crippen molar-refractivity contribution in [2.24, 2.45) is 11.8 Å².